The standard InChI is InChI=1S/C4H6IN3/c1-3-2-8(5)7-4(3)6/h2H,1H3,(H2,6,7). The maximum atomic E-state index is 5.40. The molecule has 4 heteroatoms. The van der Waals surface area contributed by atoms with Crippen molar-refractivity contribution in [3.05, 3.63) is 11.8 Å². The molecule has 0 amide bonds. The van der Waals surface area contributed by atoms with Gasteiger partial charge in [0.05, 0.1) is 22.9 Å². The molecule has 0 atom stereocenters. The van der Waals surface area contributed by atoms with Crippen LogP contribution in [0.2, 0.25) is 0 Å². The summed E-state index contributed by atoms with van der Waals surface area (Å²) in [6.07, 6.45) is 1.87. The van der Waals surface area contributed by atoms with Gasteiger partial charge in [-0.25, -0.2) is 2.90 Å². The van der Waals surface area contributed by atoms with E-state index < -0.39 is 0 Å². The number of aryl methyl sites for hydroxylation is 1. The van der Waals surface area contributed by atoms with E-state index in [2.05, 4.69) is 28.0 Å². The van der Waals surface area contributed by atoms with Gasteiger partial charge in [0.25, 0.3) is 0 Å². The van der Waals surface area contributed by atoms with E-state index in [1.54, 1.807) is 2.90 Å². The highest BCUT2D eigenvalue weighted by atomic mass is 127. The number of aromatic nitrogens is 2. The molecular formula is C4H6IN3. The third-order valence-corrected chi connectivity index (χ3v) is 1.40. The van der Waals surface area contributed by atoms with Crippen molar-refractivity contribution in [3.63, 3.8) is 0 Å². The predicted molar refractivity (Wildman–Crippen MR) is 40.8 cm³/mol. The summed E-state index contributed by atoms with van der Waals surface area (Å²) in [4.78, 5) is 0. The minimum Gasteiger partial charge on any atom is -0.382 e. The quantitative estimate of drug-likeness (QED) is 0.666. The van der Waals surface area contributed by atoms with Crippen LogP contribution in [0.1, 0.15) is 5.56 Å². The highest BCUT2D eigenvalue weighted by Gasteiger charge is 1.94. The molecule has 0 spiro atoms. The van der Waals surface area contributed by atoms with Crippen LogP contribution in [-0.2, 0) is 0 Å². The Hall–Kier alpha value is -0.260. The summed E-state index contributed by atoms with van der Waals surface area (Å²) >= 11 is 2.05. The molecule has 0 aliphatic carbocycles. The Labute approximate surface area is 61.4 Å². The first-order valence-electron chi connectivity index (χ1n) is 2.18. The van der Waals surface area contributed by atoms with Crippen molar-refractivity contribution in [1.82, 2.24) is 7.99 Å². The van der Waals surface area contributed by atoms with Crippen LogP contribution in [0, 0.1) is 6.92 Å². The van der Waals surface area contributed by atoms with Crippen LogP contribution < -0.4 is 5.73 Å². The molecule has 0 bridgehead atoms. The molecule has 0 saturated heterocycles. The average molecular weight is 223 g/mol. The van der Waals surface area contributed by atoms with E-state index >= 15 is 0 Å². The highest BCUT2D eigenvalue weighted by molar-refractivity contribution is 14.1. The highest BCUT2D eigenvalue weighted by Crippen LogP contribution is 2.07. The lowest BCUT2D eigenvalue weighted by atomic mass is 10.4. The van der Waals surface area contributed by atoms with Crippen LogP contribution in [-0.4, -0.2) is 7.99 Å². The van der Waals surface area contributed by atoms with Gasteiger partial charge in [-0.3, -0.25) is 0 Å². The second-order valence-electron chi connectivity index (χ2n) is 1.59. The number of nitrogens with two attached hydrogens (primary N) is 1. The van der Waals surface area contributed by atoms with Crippen LogP contribution in [0.4, 0.5) is 5.82 Å². The minimum absolute atomic E-state index is 0.611. The summed E-state index contributed by atoms with van der Waals surface area (Å²) in [6, 6.07) is 0. The van der Waals surface area contributed by atoms with Crippen LogP contribution in [0.3, 0.4) is 0 Å². The Morgan fingerprint density at radius 3 is 2.62 bits per heavy atom. The molecule has 3 nitrogen and oxygen atoms in total. The van der Waals surface area contributed by atoms with Gasteiger partial charge in [-0.05, 0) is 6.92 Å². The molecule has 0 aliphatic heterocycles. The fourth-order valence-electron chi connectivity index (χ4n) is 0.437. The van der Waals surface area contributed by atoms with Gasteiger partial charge in [0, 0.05) is 11.8 Å². The molecule has 8 heavy (non-hydrogen) atoms. The Morgan fingerprint density at radius 1 is 1.88 bits per heavy atom. The van der Waals surface area contributed by atoms with Crippen molar-refractivity contribution in [2.24, 2.45) is 0 Å². The van der Waals surface area contributed by atoms with Crippen LogP contribution in [0.15, 0.2) is 6.20 Å². The number of rotatable bonds is 0. The number of hydrogen-bond donors (Lipinski definition) is 1. The number of halogens is 1. The van der Waals surface area contributed by atoms with Gasteiger partial charge in [-0.15, -0.1) is 5.10 Å². The Balaban J connectivity index is 3.14. The lowest BCUT2D eigenvalue weighted by Crippen LogP contribution is -1.86. The van der Waals surface area contributed by atoms with Crippen molar-refractivity contribution >= 4 is 28.7 Å². The van der Waals surface area contributed by atoms with Gasteiger partial charge >= 0.3 is 0 Å². The molecular weight excluding hydrogens is 217 g/mol. The average Bonchev–Trinajstić information content (AvgIpc) is 1.85. The van der Waals surface area contributed by atoms with Crippen LogP contribution in [0.25, 0.3) is 0 Å². The number of nitrogens with zero attached hydrogens (tertiary/aromatic N) is 2. The van der Waals surface area contributed by atoms with Crippen LogP contribution in [0.5, 0.6) is 0 Å². The van der Waals surface area contributed by atoms with E-state index in [9.17, 15) is 0 Å². The monoisotopic (exact) mass is 223 g/mol. The lowest BCUT2D eigenvalue weighted by molar-refractivity contribution is 1.06. The Bertz CT molecular complexity index is 174. The maximum absolute atomic E-state index is 5.40. The van der Waals surface area contributed by atoms with Gasteiger partial charge in [-0.1, -0.05) is 0 Å². The van der Waals surface area contributed by atoms with Gasteiger partial charge < -0.3 is 5.73 Å². The Morgan fingerprint density at radius 2 is 2.50 bits per heavy atom. The first kappa shape index (κ1) is 5.87. The summed E-state index contributed by atoms with van der Waals surface area (Å²) in [5, 5.41) is 3.89. The lowest BCUT2D eigenvalue weighted by Gasteiger charge is -1.78. The zero-order valence-corrected chi connectivity index (χ0v) is 6.58. The zero-order valence-electron chi connectivity index (χ0n) is 4.43. The van der Waals surface area contributed by atoms with E-state index in [-0.39, 0.29) is 0 Å². The van der Waals surface area contributed by atoms with Gasteiger partial charge in [0.15, 0.2) is 0 Å². The number of nitrogen functional groups attached to an aromatic ring is 1. The summed E-state index contributed by atoms with van der Waals surface area (Å²) in [5.74, 6) is 0.611. The third kappa shape index (κ3) is 0.936. The minimum atomic E-state index is 0.611. The SMILES string of the molecule is Cc1cn(I)nc1N. The van der Waals surface area contributed by atoms with E-state index in [0.717, 1.165) is 5.56 Å². The second kappa shape index (κ2) is 1.93. The van der Waals surface area contributed by atoms with E-state index in [1.807, 2.05) is 13.1 Å². The molecule has 44 valence electrons. The Kier molecular flexibility index (Phi) is 1.41. The van der Waals surface area contributed by atoms with Gasteiger partial charge in [-0.2, -0.15) is 0 Å². The van der Waals surface area contributed by atoms with E-state index in [1.165, 1.54) is 0 Å². The predicted octanol–water partition coefficient (Wildman–Crippen LogP) is 0.972. The topological polar surface area (TPSA) is 43.8 Å². The van der Waals surface area contributed by atoms with E-state index in [0.29, 0.717) is 5.82 Å². The van der Waals surface area contributed by atoms with Crippen molar-refractivity contribution < 1.29 is 0 Å². The molecule has 0 unspecified atom stereocenters. The molecule has 0 fully saturated rings. The van der Waals surface area contributed by atoms with Gasteiger partial charge in [0.1, 0.15) is 5.82 Å². The van der Waals surface area contributed by atoms with Crippen LogP contribution >= 0.6 is 22.9 Å². The van der Waals surface area contributed by atoms with E-state index in [4.69, 9.17) is 5.73 Å². The fraction of sp³-hybridized carbons (Fsp3) is 0.250. The fourth-order valence-corrected chi connectivity index (χ4v) is 1.09. The summed E-state index contributed by atoms with van der Waals surface area (Å²) in [7, 11) is 0. The second-order valence-corrected chi connectivity index (χ2v) is 2.57. The van der Waals surface area contributed by atoms with Crippen molar-refractivity contribution in [2.45, 2.75) is 6.92 Å². The molecule has 1 aromatic rings. The molecule has 1 rings (SSSR count). The smallest absolute Gasteiger partial charge is 0.149 e. The maximum Gasteiger partial charge on any atom is 0.149 e. The summed E-state index contributed by atoms with van der Waals surface area (Å²) < 4.78 is 1.67. The summed E-state index contributed by atoms with van der Waals surface area (Å²) in [5.41, 5.74) is 6.43. The molecule has 2 N–H and O–H groups in total. The molecule has 0 aliphatic rings. The van der Waals surface area contributed by atoms with Crippen molar-refractivity contribution in [2.75, 3.05) is 5.73 Å². The normalized spacial score (nSPS) is 9.75. The van der Waals surface area contributed by atoms with Crippen molar-refractivity contribution in [3.8, 4) is 0 Å². The molecule has 0 saturated carbocycles. The molecule has 0 radical (unpaired) electrons. The molecule has 0 aromatic carbocycles. The number of anilines is 1. The third-order valence-electron chi connectivity index (χ3n) is 0.907. The molecule has 1 aromatic heterocycles. The number of hydrogen-bond acceptors (Lipinski definition) is 2. The largest absolute Gasteiger partial charge is 0.382 e. The summed E-state index contributed by atoms with van der Waals surface area (Å²) in [6.45, 7) is 1.93. The zero-order chi connectivity index (χ0) is 6.15. The van der Waals surface area contributed by atoms with Gasteiger partial charge in [0.2, 0.25) is 0 Å². The first-order chi connectivity index (χ1) is 3.70. The molecule has 1 heterocycles. The van der Waals surface area contributed by atoms with Crippen molar-refractivity contribution in [1.29, 1.82) is 0 Å². The first-order valence-corrected chi connectivity index (χ1v) is 3.14.